The van der Waals surface area contributed by atoms with E-state index in [0.29, 0.717) is 12.6 Å². The van der Waals surface area contributed by atoms with E-state index in [-0.39, 0.29) is 0 Å². The van der Waals surface area contributed by atoms with Gasteiger partial charge in [0.15, 0.2) is 11.5 Å². The molecule has 0 saturated heterocycles. The van der Waals surface area contributed by atoms with Gasteiger partial charge in [0.1, 0.15) is 6.61 Å². The van der Waals surface area contributed by atoms with E-state index in [2.05, 4.69) is 21.1 Å². The number of hydrogen-bond acceptors (Lipinski definition) is 4. The van der Waals surface area contributed by atoms with Crippen molar-refractivity contribution >= 4 is 0 Å². The summed E-state index contributed by atoms with van der Waals surface area (Å²) < 4.78 is 13.1. The zero-order valence-electron chi connectivity index (χ0n) is 12.3. The number of ether oxygens (including phenoxy) is 2. The van der Waals surface area contributed by atoms with Crippen LogP contribution in [0, 0.1) is 0 Å². The number of nitrogens with zero attached hydrogens (tertiary/aromatic N) is 2. The van der Waals surface area contributed by atoms with Crippen molar-refractivity contribution in [2.45, 2.75) is 32.0 Å². The molecular weight excluding hydrogens is 266 g/mol. The summed E-state index contributed by atoms with van der Waals surface area (Å²) in [5.41, 5.74) is 1.08. The summed E-state index contributed by atoms with van der Waals surface area (Å²) in [6, 6.07) is 8.40. The zero-order chi connectivity index (χ0) is 14.5. The Morgan fingerprint density at radius 2 is 2.10 bits per heavy atom. The lowest BCUT2D eigenvalue weighted by molar-refractivity contribution is 0.279. The van der Waals surface area contributed by atoms with Crippen molar-refractivity contribution in [3.8, 4) is 11.5 Å². The highest BCUT2D eigenvalue weighted by Gasteiger charge is 2.20. The summed E-state index contributed by atoms with van der Waals surface area (Å²) in [6.45, 7) is 2.21. The van der Waals surface area contributed by atoms with Crippen molar-refractivity contribution in [3.05, 3.63) is 42.5 Å². The number of rotatable bonds is 8. The van der Waals surface area contributed by atoms with Gasteiger partial charge in [-0.1, -0.05) is 12.1 Å². The molecule has 1 aliphatic rings. The first-order chi connectivity index (χ1) is 10.3. The lowest BCUT2D eigenvalue weighted by Gasteiger charge is -2.10. The number of imidazole rings is 1. The maximum Gasteiger partial charge on any atom is 0.161 e. The average Bonchev–Trinajstić information content (AvgIpc) is 3.24. The molecule has 5 nitrogen and oxygen atoms in total. The Morgan fingerprint density at radius 3 is 2.86 bits per heavy atom. The van der Waals surface area contributed by atoms with Gasteiger partial charge in [-0.3, -0.25) is 0 Å². The number of hydrogen-bond donors (Lipinski definition) is 1. The molecule has 21 heavy (non-hydrogen) atoms. The standard InChI is InChI=1S/C16H21N3O2/c1-20-15-4-2-3-5-16(15)21-9-8-19-11-14(18-12-19)10-17-13-6-7-13/h2-5,11-13,17H,6-10H2,1H3. The van der Waals surface area contributed by atoms with Crippen molar-refractivity contribution in [3.63, 3.8) is 0 Å². The van der Waals surface area contributed by atoms with E-state index in [1.165, 1.54) is 12.8 Å². The summed E-state index contributed by atoms with van der Waals surface area (Å²) in [5.74, 6) is 1.54. The lowest BCUT2D eigenvalue weighted by atomic mass is 10.3. The van der Waals surface area contributed by atoms with Gasteiger partial charge in [-0.05, 0) is 25.0 Å². The molecule has 1 aliphatic carbocycles. The molecule has 1 heterocycles. The largest absolute Gasteiger partial charge is 0.493 e. The number of nitrogens with one attached hydrogen (secondary N) is 1. The molecule has 0 bridgehead atoms. The Labute approximate surface area is 124 Å². The van der Waals surface area contributed by atoms with Crippen LogP contribution in [0.4, 0.5) is 0 Å². The van der Waals surface area contributed by atoms with Crippen LogP contribution < -0.4 is 14.8 Å². The van der Waals surface area contributed by atoms with Gasteiger partial charge in [0.25, 0.3) is 0 Å². The van der Waals surface area contributed by atoms with Gasteiger partial charge in [-0.25, -0.2) is 4.98 Å². The summed E-state index contributed by atoms with van der Waals surface area (Å²) in [6.07, 6.45) is 6.53. The molecule has 0 spiro atoms. The molecule has 1 N–H and O–H groups in total. The minimum atomic E-state index is 0.590. The third-order valence-electron chi connectivity index (χ3n) is 3.51. The number of benzene rings is 1. The van der Waals surface area contributed by atoms with Crippen LogP contribution in [0.2, 0.25) is 0 Å². The minimum absolute atomic E-state index is 0.590. The predicted octanol–water partition coefficient (Wildman–Crippen LogP) is 2.22. The molecule has 112 valence electrons. The van der Waals surface area contributed by atoms with E-state index in [1.807, 2.05) is 30.6 Å². The molecule has 1 aromatic heterocycles. The molecular formula is C16H21N3O2. The van der Waals surface area contributed by atoms with Gasteiger partial charge in [0.05, 0.1) is 25.7 Å². The Balaban J connectivity index is 1.46. The molecule has 1 fully saturated rings. The average molecular weight is 287 g/mol. The molecule has 0 amide bonds. The molecule has 2 aromatic rings. The second-order valence-corrected chi connectivity index (χ2v) is 5.26. The topological polar surface area (TPSA) is 48.3 Å². The minimum Gasteiger partial charge on any atom is -0.493 e. The van der Waals surface area contributed by atoms with Gasteiger partial charge in [0, 0.05) is 18.8 Å². The second-order valence-electron chi connectivity index (χ2n) is 5.26. The highest BCUT2D eigenvalue weighted by atomic mass is 16.5. The van der Waals surface area contributed by atoms with Crippen LogP contribution in [0.3, 0.4) is 0 Å². The smallest absolute Gasteiger partial charge is 0.161 e. The van der Waals surface area contributed by atoms with Crippen molar-refractivity contribution in [2.24, 2.45) is 0 Å². The molecule has 1 aromatic carbocycles. The fourth-order valence-corrected chi connectivity index (χ4v) is 2.16. The predicted molar refractivity (Wildman–Crippen MR) is 80.6 cm³/mol. The normalized spacial score (nSPS) is 14.1. The maximum atomic E-state index is 5.76. The molecule has 0 atom stereocenters. The first kappa shape index (κ1) is 13.9. The van der Waals surface area contributed by atoms with Crippen LogP contribution in [0.5, 0.6) is 11.5 Å². The number of para-hydroxylation sites is 2. The van der Waals surface area contributed by atoms with Crippen LogP contribution >= 0.6 is 0 Å². The first-order valence-electron chi connectivity index (χ1n) is 7.35. The van der Waals surface area contributed by atoms with Gasteiger partial charge in [-0.15, -0.1) is 0 Å². The molecule has 1 saturated carbocycles. The fraction of sp³-hybridized carbons (Fsp3) is 0.438. The van der Waals surface area contributed by atoms with Crippen LogP contribution in [0.15, 0.2) is 36.8 Å². The highest BCUT2D eigenvalue weighted by Crippen LogP contribution is 2.25. The Kier molecular flexibility index (Phi) is 4.40. The summed E-state index contributed by atoms with van der Waals surface area (Å²) in [7, 11) is 1.65. The Bertz CT molecular complexity index is 578. The summed E-state index contributed by atoms with van der Waals surface area (Å²) in [5, 5.41) is 3.46. The van der Waals surface area contributed by atoms with E-state index in [1.54, 1.807) is 7.11 Å². The van der Waals surface area contributed by atoms with Crippen molar-refractivity contribution in [1.82, 2.24) is 14.9 Å². The van der Waals surface area contributed by atoms with E-state index in [4.69, 9.17) is 9.47 Å². The van der Waals surface area contributed by atoms with Gasteiger partial charge in [0.2, 0.25) is 0 Å². The molecule has 0 unspecified atom stereocenters. The van der Waals surface area contributed by atoms with Crippen LogP contribution in [-0.2, 0) is 13.1 Å². The molecule has 5 heteroatoms. The van der Waals surface area contributed by atoms with Gasteiger partial charge in [-0.2, -0.15) is 0 Å². The number of aromatic nitrogens is 2. The van der Waals surface area contributed by atoms with Gasteiger partial charge >= 0.3 is 0 Å². The SMILES string of the molecule is COc1ccccc1OCCn1cnc(CNC2CC2)c1. The Morgan fingerprint density at radius 1 is 1.29 bits per heavy atom. The quantitative estimate of drug-likeness (QED) is 0.809. The fourth-order valence-electron chi connectivity index (χ4n) is 2.16. The van der Waals surface area contributed by atoms with Gasteiger partial charge < -0.3 is 19.4 Å². The van der Waals surface area contributed by atoms with Crippen LogP contribution in [-0.4, -0.2) is 29.3 Å². The lowest BCUT2D eigenvalue weighted by Crippen LogP contribution is -2.15. The summed E-state index contributed by atoms with van der Waals surface area (Å²) in [4.78, 5) is 4.40. The van der Waals surface area contributed by atoms with E-state index in [0.717, 1.165) is 30.3 Å². The highest BCUT2D eigenvalue weighted by molar-refractivity contribution is 5.39. The van der Waals surface area contributed by atoms with E-state index in [9.17, 15) is 0 Å². The van der Waals surface area contributed by atoms with Crippen LogP contribution in [0.25, 0.3) is 0 Å². The summed E-state index contributed by atoms with van der Waals surface area (Å²) >= 11 is 0. The number of methoxy groups -OCH3 is 1. The van der Waals surface area contributed by atoms with E-state index < -0.39 is 0 Å². The third-order valence-corrected chi connectivity index (χ3v) is 3.51. The first-order valence-corrected chi connectivity index (χ1v) is 7.35. The van der Waals surface area contributed by atoms with E-state index >= 15 is 0 Å². The molecule has 0 aliphatic heterocycles. The zero-order valence-corrected chi connectivity index (χ0v) is 12.3. The molecule has 3 rings (SSSR count). The molecule has 0 radical (unpaired) electrons. The van der Waals surface area contributed by atoms with Crippen molar-refractivity contribution in [2.75, 3.05) is 13.7 Å². The Hall–Kier alpha value is -2.01. The second kappa shape index (κ2) is 6.63. The third kappa shape index (κ3) is 3.98. The van der Waals surface area contributed by atoms with Crippen LogP contribution in [0.1, 0.15) is 18.5 Å². The van der Waals surface area contributed by atoms with Crippen molar-refractivity contribution in [1.29, 1.82) is 0 Å². The maximum absolute atomic E-state index is 5.76. The van der Waals surface area contributed by atoms with Crippen molar-refractivity contribution < 1.29 is 9.47 Å². The monoisotopic (exact) mass is 287 g/mol.